The molecule has 0 unspecified atom stereocenters. The Balaban J connectivity index is 4.52. The summed E-state index contributed by atoms with van der Waals surface area (Å²) in [4.78, 5) is 51.3. The first-order valence-corrected chi connectivity index (χ1v) is 8.75. The van der Waals surface area contributed by atoms with Gasteiger partial charge in [-0.3, -0.25) is 29.0 Å². The molecule has 156 valence electrons. The van der Waals surface area contributed by atoms with Crippen LogP contribution in [0.1, 0.15) is 0 Å². The Morgan fingerprint density at radius 2 is 1.00 bits per heavy atom. The molecule has 5 N–H and O–H groups in total. The fourth-order valence-corrected chi connectivity index (χ4v) is 2.23. The number of nitrogens with two attached hydrogens (primary N) is 1. The fourth-order valence-electron chi connectivity index (χ4n) is 2.23. The van der Waals surface area contributed by atoms with Crippen LogP contribution in [-0.2, 0) is 19.2 Å². The average molecular weight is 387 g/mol. The molecule has 0 aliphatic rings. The van der Waals surface area contributed by atoms with E-state index in [0.717, 1.165) is 0 Å². The van der Waals surface area contributed by atoms with Crippen LogP contribution in [0, 0.1) is 0 Å². The maximum Gasteiger partial charge on any atom is 0.233 e. The second-order valence-electron chi connectivity index (χ2n) is 6.21. The molecular weight excluding hydrogens is 354 g/mol. The van der Waals surface area contributed by atoms with Crippen molar-refractivity contribution in [2.45, 2.75) is 0 Å². The average Bonchev–Trinajstić information content (AvgIpc) is 2.63. The Morgan fingerprint density at radius 3 is 1.30 bits per heavy atom. The molecule has 11 nitrogen and oxygen atoms in total. The molecule has 0 aliphatic carbocycles. The third-order valence-electron chi connectivity index (χ3n) is 3.91. The Morgan fingerprint density at radius 1 is 0.667 bits per heavy atom. The lowest BCUT2D eigenvalue weighted by Crippen LogP contribution is -2.46. The topological polar surface area (TPSA) is 140 Å². The first-order chi connectivity index (χ1) is 12.7. The first-order valence-electron chi connectivity index (χ1n) is 8.75. The van der Waals surface area contributed by atoms with Crippen LogP contribution in [0.2, 0.25) is 0 Å². The summed E-state index contributed by atoms with van der Waals surface area (Å²) in [5.41, 5.74) is 5.23. The molecule has 0 saturated heterocycles. The summed E-state index contributed by atoms with van der Waals surface area (Å²) in [7, 11) is 6.52. The summed E-state index contributed by atoms with van der Waals surface area (Å²) in [6.45, 7) is 2.55. The van der Waals surface area contributed by atoms with E-state index < -0.39 is 5.91 Å². The maximum atomic E-state index is 11.6. The van der Waals surface area contributed by atoms with Crippen molar-refractivity contribution in [1.29, 1.82) is 0 Å². The predicted molar refractivity (Wildman–Crippen MR) is 102 cm³/mol. The van der Waals surface area contributed by atoms with Gasteiger partial charge in [0.2, 0.25) is 23.6 Å². The number of likely N-dealkylation sites (N-methyl/N-ethyl adjacent to an activating group) is 4. The second kappa shape index (κ2) is 13.9. The number of carbonyl (C=O) groups is 4. The standard InChI is InChI=1S/C16H33N7O4/c1-18-14(25)10-22(9-13(17)24)7-5-21(4)6-8-23(11-15(26)19-2)12-16(27)20-3/h5-12H2,1-4H3,(H2,17,24)(H,18,25)(H,19,26)(H,20,27). The van der Waals surface area contributed by atoms with Gasteiger partial charge in [-0.2, -0.15) is 0 Å². The summed E-state index contributed by atoms with van der Waals surface area (Å²) in [6, 6.07) is 0. The summed E-state index contributed by atoms with van der Waals surface area (Å²) in [6.07, 6.45) is 0. The van der Waals surface area contributed by atoms with Crippen LogP contribution in [0.25, 0.3) is 0 Å². The normalized spacial score (nSPS) is 10.9. The molecule has 0 aliphatic heterocycles. The molecule has 0 aromatic rings. The number of rotatable bonds is 14. The van der Waals surface area contributed by atoms with E-state index in [1.807, 2.05) is 11.9 Å². The number of carbonyl (C=O) groups excluding carboxylic acids is 4. The number of hydrogen-bond acceptors (Lipinski definition) is 7. The van der Waals surface area contributed by atoms with Gasteiger partial charge < -0.3 is 26.6 Å². The first kappa shape index (κ1) is 24.8. The third kappa shape index (κ3) is 12.7. The lowest BCUT2D eigenvalue weighted by atomic mass is 10.3. The van der Waals surface area contributed by atoms with E-state index in [9.17, 15) is 19.2 Å². The minimum atomic E-state index is -0.496. The van der Waals surface area contributed by atoms with Crippen LogP contribution in [-0.4, -0.2) is 119 Å². The van der Waals surface area contributed by atoms with Crippen LogP contribution in [0.5, 0.6) is 0 Å². The number of nitrogens with zero attached hydrogens (tertiary/aromatic N) is 3. The van der Waals surface area contributed by atoms with Gasteiger partial charge in [0, 0.05) is 47.3 Å². The van der Waals surface area contributed by atoms with Crippen molar-refractivity contribution in [2.24, 2.45) is 5.73 Å². The van der Waals surface area contributed by atoms with Gasteiger partial charge in [0.05, 0.1) is 26.2 Å². The number of amides is 4. The molecule has 0 rings (SSSR count). The highest BCUT2D eigenvalue weighted by molar-refractivity contribution is 5.81. The minimum Gasteiger partial charge on any atom is -0.369 e. The zero-order chi connectivity index (χ0) is 20.8. The van der Waals surface area contributed by atoms with E-state index in [0.29, 0.717) is 26.2 Å². The van der Waals surface area contributed by atoms with Crippen LogP contribution in [0.4, 0.5) is 0 Å². The van der Waals surface area contributed by atoms with Gasteiger partial charge in [-0.05, 0) is 7.05 Å². The van der Waals surface area contributed by atoms with Crippen LogP contribution >= 0.6 is 0 Å². The smallest absolute Gasteiger partial charge is 0.233 e. The second-order valence-corrected chi connectivity index (χ2v) is 6.21. The summed E-state index contributed by atoms with van der Waals surface area (Å²) in [5.74, 6) is -1.02. The van der Waals surface area contributed by atoms with Gasteiger partial charge in [0.15, 0.2) is 0 Å². The zero-order valence-corrected chi connectivity index (χ0v) is 16.7. The maximum absolute atomic E-state index is 11.6. The summed E-state index contributed by atoms with van der Waals surface area (Å²) >= 11 is 0. The Labute approximate surface area is 160 Å². The molecule has 0 aromatic heterocycles. The molecular formula is C16H33N7O4. The molecule has 0 heterocycles. The number of hydrogen-bond donors (Lipinski definition) is 4. The predicted octanol–water partition coefficient (Wildman–Crippen LogP) is -3.75. The number of nitrogens with one attached hydrogen (secondary N) is 3. The van der Waals surface area contributed by atoms with Crippen molar-refractivity contribution in [2.75, 3.05) is 80.5 Å². The van der Waals surface area contributed by atoms with E-state index in [1.165, 1.54) is 7.05 Å². The Bertz CT molecular complexity index is 483. The molecule has 0 fully saturated rings. The van der Waals surface area contributed by atoms with Crippen molar-refractivity contribution >= 4 is 23.6 Å². The molecule has 0 atom stereocenters. The summed E-state index contributed by atoms with van der Waals surface area (Å²) in [5, 5.41) is 7.60. The highest BCUT2D eigenvalue weighted by atomic mass is 16.2. The molecule has 27 heavy (non-hydrogen) atoms. The van der Waals surface area contributed by atoms with Crippen LogP contribution in [0.15, 0.2) is 0 Å². The van der Waals surface area contributed by atoms with Crippen molar-refractivity contribution in [3.63, 3.8) is 0 Å². The van der Waals surface area contributed by atoms with Crippen LogP contribution in [0.3, 0.4) is 0 Å². The molecule has 4 amide bonds. The SMILES string of the molecule is CNC(=O)CN(CCN(C)CCN(CC(=O)NC)CC(=O)NC)CC(N)=O. The van der Waals surface area contributed by atoms with E-state index in [-0.39, 0.29) is 43.9 Å². The van der Waals surface area contributed by atoms with Crippen molar-refractivity contribution in [3.8, 4) is 0 Å². The van der Waals surface area contributed by atoms with E-state index in [4.69, 9.17) is 5.73 Å². The van der Waals surface area contributed by atoms with Gasteiger partial charge in [0.25, 0.3) is 0 Å². The van der Waals surface area contributed by atoms with Crippen LogP contribution < -0.4 is 21.7 Å². The fraction of sp³-hybridized carbons (Fsp3) is 0.750. The van der Waals surface area contributed by atoms with Gasteiger partial charge >= 0.3 is 0 Å². The molecule has 0 spiro atoms. The molecule has 11 heteroatoms. The van der Waals surface area contributed by atoms with Crippen molar-refractivity contribution in [3.05, 3.63) is 0 Å². The Hall–Kier alpha value is -2.24. The zero-order valence-electron chi connectivity index (χ0n) is 16.7. The van der Waals surface area contributed by atoms with Gasteiger partial charge in [-0.25, -0.2) is 0 Å². The molecule has 0 saturated carbocycles. The highest BCUT2D eigenvalue weighted by Crippen LogP contribution is 1.94. The Kier molecular flexibility index (Phi) is 12.7. The largest absolute Gasteiger partial charge is 0.369 e. The number of primary amides is 1. The van der Waals surface area contributed by atoms with Crippen molar-refractivity contribution in [1.82, 2.24) is 30.7 Å². The minimum absolute atomic E-state index is 0.000722. The lowest BCUT2D eigenvalue weighted by Gasteiger charge is -2.26. The van der Waals surface area contributed by atoms with E-state index >= 15 is 0 Å². The third-order valence-corrected chi connectivity index (χ3v) is 3.91. The molecule has 0 aromatic carbocycles. The van der Waals surface area contributed by atoms with Gasteiger partial charge in [0.1, 0.15) is 0 Å². The molecule has 0 radical (unpaired) electrons. The van der Waals surface area contributed by atoms with Gasteiger partial charge in [-0.15, -0.1) is 0 Å². The van der Waals surface area contributed by atoms with Crippen molar-refractivity contribution < 1.29 is 19.2 Å². The molecule has 0 bridgehead atoms. The lowest BCUT2D eigenvalue weighted by molar-refractivity contribution is -0.125. The van der Waals surface area contributed by atoms with E-state index in [2.05, 4.69) is 16.0 Å². The highest BCUT2D eigenvalue weighted by Gasteiger charge is 2.16. The van der Waals surface area contributed by atoms with E-state index in [1.54, 1.807) is 23.9 Å². The summed E-state index contributed by atoms with van der Waals surface area (Å²) < 4.78 is 0. The quantitative estimate of drug-likeness (QED) is 0.240. The van der Waals surface area contributed by atoms with Gasteiger partial charge in [-0.1, -0.05) is 0 Å². The monoisotopic (exact) mass is 387 g/mol.